The summed E-state index contributed by atoms with van der Waals surface area (Å²) in [5.41, 5.74) is 3.87. The van der Waals surface area contributed by atoms with E-state index in [0.717, 1.165) is 35.9 Å². The molecule has 0 saturated heterocycles. The first kappa shape index (κ1) is 26.9. The third-order valence-corrected chi connectivity index (χ3v) is 10.3. The quantitative estimate of drug-likeness (QED) is 0.257. The molecule has 8 bridgehead atoms. The second kappa shape index (κ2) is 9.28. The molecule has 5 heterocycles. The van der Waals surface area contributed by atoms with E-state index in [1.54, 1.807) is 0 Å². The minimum absolute atomic E-state index is 0. The topological polar surface area (TPSA) is 61.4 Å². The first-order valence-electron chi connectivity index (χ1n) is 12.3. The van der Waals surface area contributed by atoms with Crippen molar-refractivity contribution in [3.8, 4) is 11.6 Å². The van der Waals surface area contributed by atoms with Gasteiger partial charge in [0.05, 0.1) is 11.6 Å². The maximum Gasteiger partial charge on any atom is 2.00 e. The molecule has 36 heavy (non-hydrogen) atoms. The minimum atomic E-state index is -1.69. The standard InChI is InChI=1S/C27H34N6Si2.Pd/c1-27(2)21-11-9-13-23(28-21)32-17-19(25(30-32)34(3,4)5)15-16-20-18-33(31-26(20)35(6,7)8)24-14-10-12-22(27)29-24;/h9-14H,15-16H2,1-8H3;/q-2;+2. The molecule has 0 unspecified atom stereocenters. The van der Waals surface area contributed by atoms with Gasteiger partial charge in [0.1, 0.15) is 0 Å². The molecule has 0 radical (unpaired) electrons. The summed E-state index contributed by atoms with van der Waals surface area (Å²) in [6.07, 6.45) is 8.90. The van der Waals surface area contributed by atoms with Crippen LogP contribution in [0.5, 0.6) is 0 Å². The van der Waals surface area contributed by atoms with Gasteiger partial charge in [-0.25, -0.2) is 0 Å². The van der Waals surface area contributed by atoms with Crippen molar-refractivity contribution >= 4 is 26.8 Å². The van der Waals surface area contributed by atoms with Crippen LogP contribution in [0.4, 0.5) is 0 Å². The number of nitrogens with zero attached hydrogens (tertiary/aromatic N) is 6. The average Bonchev–Trinajstić information content (AvgIpc) is 3.42. The number of rotatable bonds is 2. The summed E-state index contributed by atoms with van der Waals surface area (Å²) in [4.78, 5) is 10.1. The predicted molar refractivity (Wildman–Crippen MR) is 146 cm³/mol. The fraction of sp³-hybridized carbons (Fsp3) is 0.407. The summed E-state index contributed by atoms with van der Waals surface area (Å²) in [7, 11) is -3.38. The molecule has 0 aromatic carbocycles. The van der Waals surface area contributed by atoms with Crippen molar-refractivity contribution in [2.24, 2.45) is 0 Å². The molecule has 0 spiro atoms. The summed E-state index contributed by atoms with van der Waals surface area (Å²) in [6.45, 7) is 18.4. The zero-order chi connectivity index (χ0) is 25.2. The summed E-state index contributed by atoms with van der Waals surface area (Å²) < 4.78 is 3.72. The third-order valence-electron chi connectivity index (χ3n) is 6.68. The third kappa shape index (κ3) is 4.86. The molecule has 190 valence electrons. The molecule has 6 nitrogen and oxygen atoms in total. The van der Waals surface area contributed by atoms with Crippen molar-refractivity contribution < 1.29 is 20.4 Å². The van der Waals surface area contributed by atoms with Crippen LogP contribution >= 0.6 is 0 Å². The van der Waals surface area contributed by atoms with Crippen molar-refractivity contribution in [1.82, 2.24) is 29.5 Å². The smallest absolute Gasteiger partial charge is 0.343 e. The van der Waals surface area contributed by atoms with E-state index < -0.39 is 21.6 Å². The van der Waals surface area contributed by atoms with Crippen LogP contribution in [0.2, 0.25) is 39.3 Å². The molecule has 1 aliphatic rings. The normalized spacial score (nSPS) is 15.0. The van der Waals surface area contributed by atoms with Crippen LogP contribution in [0.25, 0.3) is 11.6 Å². The van der Waals surface area contributed by atoms with Crippen molar-refractivity contribution in [1.29, 1.82) is 0 Å². The molecule has 1 aliphatic heterocycles. The second-order valence-corrected chi connectivity index (χ2v) is 22.0. The fourth-order valence-electron chi connectivity index (χ4n) is 4.66. The molecule has 0 atom stereocenters. The first-order chi connectivity index (χ1) is 16.3. The van der Waals surface area contributed by atoms with Gasteiger partial charge < -0.3 is 9.36 Å². The van der Waals surface area contributed by atoms with E-state index in [9.17, 15) is 0 Å². The van der Waals surface area contributed by atoms with Crippen molar-refractivity contribution in [2.45, 2.75) is 71.4 Å². The molecule has 4 aromatic rings. The van der Waals surface area contributed by atoms with E-state index in [4.69, 9.17) is 20.2 Å². The summed E-state index contributed by atoms with van der Waals surface area (Å²) in [6, 6.07) is 12.3. The van der Waals surface area contributed by atoms with Crippen LogP contribution in [-0.4, -0.2) is 45.7 Å². The Morgan fingerprint density at radius 1 is 0.694 bits per heavy atom. The summed E-state index contributed by atoms with van der Waals surface area (Å²) in [5.74, 6) is 1.60. The molecule has 0 fully saturated rings. The number of hydrogen-bond donors (Lipinski definition) is 0. The zero-order valence-electron chi connectivity index (χ0n) is 22.4. The summed E-state index contributed by atoms with van der Waals surface area (Å²) >= 11 is 0. The minimum Gasteiger partial charge on any atom is -0.343 e. The van der Waals surface area contributed by atoms with Gasteiger partial charge >= 0.3 is 20.4 Å². The Bertz CT molecular complexity index is 1300. The first-order valence-corrected chi connectivity index (χ1v) is 19.3. The SMILES string of the molecule is CC1(C)c2cccc(n2)-n2[c-]c(c([Si](C)(C)C)n2)CCc2[c-]n(nc2[Si](C)(C)C)-c2cccc1n2.[Pd+2]. The Labute approximate surface area is 230 Å². The van der Waals surface area contributed by atoms with E-state index in [1.165, 1.54) is 21.8 Å². The van der Waals surface area contributed by atoms with E-state index in [-0.39, 0.29) is 20.4 Å². The Balaban J connectivity index is 0.00000304. The van der Waals surface area contributed by atoms with Gasteiger partial charge in [-0.1, -0.05) is 75.9 Å². The van der Waals surface area contributed by atoms with Gasteiger partial charge in [0.15, 0.2) is 0 Å². The van der Waals surface area contributed by atoms with Crippen LogP contribution in [0.3, 0.4) is 0 Å². The van der Waals surface area contributed by atoms with Gasteiger partial charge in [0.25, 0.3) is 0 Å². The monoisotopic (exact) mass is 604 g/mol. The molecule has 0 aliphatic carbocycles. The molecule has 5 rings (SSSR count). The Hall–Kier alpha value is -2.18. The molecule has 4 aromatic heterocycles. The molecule has 0 amide bonds. The number of aromatic nitrogens is 6. The van der Waals surface area contributed by atoms with Crippen LogP contribution < -0.4 is 10.6 Å². The van der Waals surface area contributed by atoms with Crippen molar-refractivity contribution in [3.05, 3.63) is 71.3 Å². The maximum atomic E-state index is 5.05. The number of hydrogen-bond acceptors (Lipinski definition) is 4. The fourth-order valence-corrected chi connectivity index (χ4v) is 7.64. The van der Waals surface area contributed by atoms with Crippen LogP contribution in [0.1, 0.15) is 36.4 Å². The van der Waals surface area contributed by atoms with Gasteiger partial charge in [0, 0.05) is 33.0 Å². The van der Waals surface area contributed by atoms with Gasteiger partial charge in [-0.2, -0.15) is 0 Å². The second-order valence-electron chi connectivity index (χ2n) is 12.1. The van der Waals surface area contributed by atoms with Crippen LogP contribution in [0.15, 0.2) is 36.4 Å². The maximum absolute atomic E-state index is 5.05. The number of fused-ring (bicyclic) bond motifs is 10. The van der Waals surface area contributed by atoms with E-state index >= 15 is 0 Å². The van der Waals surface area contributed by atoms with E-state index in [0.29, 0.717) is 0 Å². The Morgan fingerprint density at radius 2 is 1.08 bits per heavy atom. The van der Waals surface area contributed by atoms with Crippen LogP contribution in [0, 0.1) is 12.4 Å². The van der Waals surface area contributed by atoms with E-state index in [2.05, 4.69) is 89.8 Å². The average molecular weight is 605 g/mol. The largest absolute Gasteiger partial charge is 2.00 e. The molecule has 0 saturated carbocycles. The molecular weight excluding hydrogens is 571 g/mol. The number of aryl methyl sites for hydroxylation is 2. The van der Waals surface area contributed by atoms with Gasteiger partial charge in [0.2, 0.25) is 0 Å². The summed E-state index contributed by atoms with van der Waals surface area (Å²) in [5, 5.41) is 12.5. The molecule has 0 N–H and O–H groups in total. The van der Waals surface area contributed by atoms with E-state index in [1.807, 2.05) is 21.5 Å². The molecular formula is C27H34N6PdSi2. The van der Waals surface area contributed by atoms with Gasteiger partial charge in [-0.15, -0.1) is 11.1 Å². The Kier molecular flexibility index (Phi) is 6.93. The van der Waals surface area contributed by atoms with Gasteiger partial charge in [-0.3, -0.25) is 20.2 Å². The van der Waals surface area contributed by atoms with Crippen molar-refractivity contribution in [3.63, 3.8) is 0 Å². The zero-order valence-corrected chi connectivity index (χ0v) is 25.9. The Morgan fingerprint density at radius 3 is 1.44 bits per heavy atom. The van der Waals surface area contributed by atoms with Gasteiger partial charge in [-0.05, 0) is 49.5 Å². The molecule has 9 heteroatoms. The van der Waals surface area contributed by atoms with Crippen LogP contribution in [-0.2, 0) is 38.7 Å². The number of pyridine rings is 2. The predicted octanol–water partition coefficient (Wildman–Crippen LogP) is 3.96. The van der Waals surface area contributed by atoms with Crippen molar-refractivity contribution in [2.75, 3.05) is 0 Å².